The second-order valence-corrected chi connectivity index (χ2v) is 4.85. The van der Waals surface area contributed by atoms with Crippen LogP contribution in [0.15, 0.2) is 47.6 Å². The third kappa shape index (κ3) is 6.94. The van der Waals surface area contributed by atoms with Crippen molar-refractivity contribution in [2.75, 3.05) is 25.6 Å². The largest absolute Gasteiger partial charge is 0.497 e. The van der Waals surface area contributed by atoms with Gasteiger partial charge in [0.25, 0.3) is 0 Å². The minimum Gasteiger partial charge on any atom is -0.497 e. The number of methoxy groups -OCH3 is 1. The summed E-state index contributed by atoms with van der Waals surface area (Å²) in [5.41, 5.74) is 5.65. The number of nitrogens with one attached hydrogen (secondary N) is 1. The fourth-order valence-corrected chi connectivity index (χ4v) is 1.81. The molecule has 2 rings (SSSR count). The monoisotopic (exact) mass is 482 g/mol. The van der Waals surface area contributed by atoms with E-state index in [1.165, 1.54) is 0 Å². The van der Waals surface area contributed by atoms with Crippen molar-refractivity contribution in [3.8, 4) is 11.6 Å². The van der Waals surface area contributed by atoms with E-state index >= 15 is 0 Å². The van der Waals surface area contributed by atoms with Gasteiger partial charge in [-0.05, 0) is 30.3 Å². The maximum absolute atomic E-state index is 12.4. The van der Waals surface area contributed by atoms with Crippen LogP contribution in [-0.4, -0.2) is 31.2 Å². The standard InChI is InChI=1S/C16H17F3N4O2.HI/c1-24-13-5-3-12(4-6-13)23-15(20)21-8-9-25-14-7-2-11(10-22-14)16(17,18)19;/h2-7,10H,8-9H2,1H3,(H3,20,21,23);1H. The molecule has 0 unspecified atom stereocenters. The zero-order chi connectivity index (χ0) is 18.3. The van der Waals surface area contributed by atoms with Gasteiger partial charge in [0.05, 0.1) is 19.2 Å². The van der Waals surface area contributed by atoms with Crippen molar-refractivity contribution in [3.05, 3.63) is 48.2 Å². The number of ether oxygens (including phenoxy) is 2. The summed E-state index contributed by atoms with van der Waals surface area (Å²) < 4.78 is 47.5. The smallest absolute Gasteiger partial charge is 0.417 e. The van der Waals surface area contributed by atoms with Crippen LogP contribution in [0, 0.1) is 0 Å². The summed E-state index contributed by atoms with van der Waals surface area (Å²) in [4.78, 5) is 7.65. The molecule has 0 aliphatic heterocycles. The van der Waals surface area contributed by atoms with Crippen molar-refractivity contribution in [2.45, 2.75) is 6.18 Å². The van der Waals surface area contributed by atoms with E-state index in [0.29, 0.717) is 0 Å². The number of nitrogens with two attached hydrogens (primary N) is 1. The van der Waals surface area contributed by atoms with Crippen LogP contribution < -0.4 is 20.5 Å². The lowest BCUT2D eigenvalue weighted by atomic mass is 10.3. The Morgan fingerprint density at radius 3 is 2.42 bits per heavy atom. The summed E-state index contributed by atoms with van der Waals surface area (Å²) in [6.07, 6.45) is -3.70. The van der Waals surface area contributed by atoms with E-state index in [-0.39, 0.29) is 49.0 Å². The molecule has 142 valence electrons. The molecule has 1 aromatic heterocycles. The number of hydrogen-bond acceptors (Lipinski definition) is 4. The van der Waals surface area contributed by atoms with E-state index in [4.69, 9.17) is 15.2 Å². The maximum Gasteiger partial charge on any atom is 0.417 e. The van der Waals surface area contributed by atoms with Crippen LogP contribution in [0.3, 0.4) is 0 Å². The van der Waals surface area contributed by atoms with E-state index in [0.717, 1.165) is 29.8 Å². The van der Waals surface area contributed by atoms with Crippen LogP contribution in [0.2, 0.25) is 0 Å². The second-order valence-electron chi connectivity index (χ2n) is 4.85. The molecule has 3 N–H and O–H groups in total. The molecule has 0 aliphatic rings. The maximum atomic E-state index is 12.4. The number of hydrogen-bond donors (Lipinski definition) is 2. The number of anilines is 1. The van der Waals surface area contributed by atoms with E-state index < -0.39 is 11.7 Å². The zero-order valence-electron chi connectivity index (χ0n) is 13.8. The lowest BCUT2D eigenvalue weighted by Crippen LogP contribution is -2.23. The lowest BCUT2D eigenvalue weighted by Gasteiger charge is -2.08. The lowest BCUT2D eigenvalue weighted by molar-refractivity contribution is -0.137. The molecule has 2 aromatic rings. The number of alkyl halides is 3. The number of nitrogens with zero attached hydrogens (tertiary/aromatic N) is 2. The molecule has 6 nitrogen and oxygen atoms in total. The molecule has 0 amide bonds. The molecule has 1 heterocycles. The Kier molecular flexibility index (Phi) is 8.42. The third-order valence-corrected chi connectivity index (χ3v) is 3.05. The zero-order valence-corrected chi connectivity index (χ0v) is 16.1. The van der Waals surface area contributed by atoms with Gasteiger partial charge in [0.15, 0.2) is 5.96 Å². The Morgan fingerprint density at radius 2 is 1.88 bits per heavy atom. The number of halogens is 4. The van der Waals surface area contributed by atoms with Crippen molar-refractivity contribution in [1.82, 2.24) is 4.98 Å². The molecule has 0 saturated heterocycles. The molecular formula is C16H18F3IN4O2. The Balaban J connectivity index is 0.00000338. The van der Waals surface area contributed by atoms with Gasteiger partial charge in [0, 0.05) is 18.0 Å². The van der Waals surface area contributed by atoms with E-state index in [1.54, 1.807) is 31.4 Å². The quantitative estimate of drug-likeness (QED) is 0.285. The molecule has 0 saturated carbocycles. The Hall–Kier alpha value is -2.24. The average molecular weight is 482 g/mol. The molecule has 0 fully saturated rings. The highest BCUT2D eigenvalue weighted by Crippen LogP contribution is 2.29. The molecule has 0 spiro atoms. The number of rotatable bonds is 6. The highest BCUT2D eigenvalue weighted by Gasteiger charge is 2.30. The van der Waals surface area contributed by atoms with E-state index in [2.05, 4.69) is 15.3 Å². The van der Waals surface area contributed by atoms with Gasteiger partial charge in [-0.3, -0.25) is 0 Å². The number of aromatic nitrogens is 1. The molecule has 0 aliphatic carbocycles. The van der Waals surface area contributed by atoms with Crippen LogP contribution >= 0.6 is 24.0 Å². The van der Waals surface area contributed by atoms with Gasteiger partial charge in [-0.25, -0.2) is 9.98 Å². The fraction of sp³-hybridized carbons (Fsp3) is 0.250. The number of pyridine rings is 1. The van der Waals surface area contributed by atoms with E-state index in [9.17, 15) is 13.2 Å². The summed E-state index contributed by atoms with van der Waals surface area (Å²) in [6.45, 7) is 0.348. The Morgan fingerprint density at radius 1 is 1.19 bits per heavy atom. The summed E-state index contributed by atoms with van der Waals surface area (Å²) in [5.74, 6) is 0.998. The van der Waals surface area contributed by atoms with Crippen LogP contribution in [0.5, 0.6) is 11.6 Å². The topological polar surface area (TPSA) is 81.8 Å². The molecule has 1 aromatic carbocycles. The first-order valence-electron chi connectivity index (χ1n) is 7.25. The van der Waals surface area contributed by atoms with Crippen LogP contribution in [0.4, 0.5) is 18.9 Å². The normalized spacial score (nSPS) is 11.5. The van der Waals surface area contributed by atoms with Gasteiger partial charge in [-0.2, -0.15) is 13.2 Å². The third-order valence-electron chi connectivity index (χ3n) is 3.05. The highest BCUT2D eigenvalue weighted by molar-refractivity contribution is 14.0. The van der Waals surface area contributed by atoms with Gasteiger partial charge in [0.1, 0.15) is 12.4 Å². The van der Waals surface area contributed by atoms with Crippen molar-refractivity contribution < 1.29 is 22.6 Å². The SMILES string of the molecule is COc1ccc(NC(N)=NCCOc2ccc(C(F)(F)F)cn2)cc1.I. The number of aliphatic imine (C=N–C) groups is 1. The summed E-state index contributed by atoms with van der Waals surface area (Å²) in [7, 11) is 1.57. The predicted molar refractivity (Wildman–Crippen MR) is 103 cm³/mol. The van der Waals surface area contributed by atoms with Gasteiger partial charge in [-0.1, -0.05) is 0 Å². The van der Waals surface area contributed by atoms with Crippen LogP contribution in [0.1, 0.15) is 5.56 Å². The van der Waals surface area contributed by atoms with Crippen molar-refractivity contribution >= 4 is 35.6 Å². The minimum absolute atomic E-state index is 0. The Bertz CT molecular complexity index is 707. The van der Waals surface area contributed by atoms with Crippen molar-refractivity contribution in [1.29, 1.82) is 0 Å². The second kappa shape index (κ2) is 10.0. The Labute approximate surface area is 165 Å². The average Bonchev–Trinajstić information content (AvgIpc) is 2.59. The summed E-state index contributed by atoms with van der Waals surface area (Å²) in [5, 5.41) is 2.89. The van der Waals surface area contributed by atoms with Crippen molar-refractivity contribution in [3.63, 3.8) is 0 Å². The first kappa shape index (κ1) is 21.8. The fourth-order valence-electron chi connectivity index (χ4n) is 1.81. The van der Waals surface area contributed by atoms with Gasteiger partial charge >= 0.3 is 6.18 Å². The first-order valence-corrected chi connectivity index (χ1v) is 7.25. The molecular weight excluding hydrogens is 464 g/mol. The highest BCUT2D eigenvalue weighted by atomic mass is 127. The molecule has 0 atom stereocenters. The molecule has 26 heavy (non-hydrogen) atoms. The summed E-state index contributed by atoms with van der Waals surface area (Å²) >= 11 is 0. The molecule has 10 heteroatoms. The van der Waals surface area contributed by atoms with Gasteiger partial charge in [0.2, 0.25) is 5.88 Å². The van der Waals surface area contributed by atoms with Crippen LogP contribution in [0.25, 0.3) is 0 Å². The number of benzene rings is 1. The molecule has 0 radical (unpaired) electrons. The van der Waals surface area contributed by atoms with Crippen molar-refractivity contribution in [2.24, 2.45) is 10.7 Å². The minimum atomic E-state index is -4.42. The first-order chi connectivity index (χ1) is 11.9. The van der Waals surface area contributed by atoms with E-state index in [1.807, 2.05) is 0 Å². The summed E-state index contributed by atoms with van der Waals surface area (Å²) in [6, 6.07) is 9.17. The van der Waals surface area contributed by atoms with Crippen LogP contribution in [-0.2, 0) is 6.18 Å². The van der Waals surface area contributed by atoms with Gasteiger partial charge in [-0.15, -0.1) is 24.0 Å². The van der Waals surface area contributed by atoms with Gasteiger partial charge < -0.3 is 20.5 Å². The number of guanidine groups is 1. The molecule has 0 bridgehead atoms. The predicted octanol–water partition coefficient (Wildman–Crippen LogP) is 3.53.